The van der Waals surface area contributed by atoms with Gasteiger partial charge in [-0.1, -0.05) is 105 Å². The Balaban J connectivity index is 0.000000297. The molecule has 1 N–H and O–H groups in total. The molecule has 0 saturated heterocycles. The fraction of sp³-hybridized carbons (Fsp3) is 0.444. The van der Waals surface area contributed by atoms with Crippen LogP contribution in [0.15, 0.2) is 81.8 Å². The molecule has 5 heterocycles. The van der Waals surface area contributed by atoms with Gasteiger partial charge in [-0.05, 0) is 95.7 Å². The van der Waals surface area contributed by atoms with Crippen LogP contribution in [0.4, 0.5) is 9.59 Å². The number of aromatic nitrogens is 4. The van der Waals surface area contributed by atoms with E-state index in [1.807, 2.05) is 104 Å². The Morgan fingerprint density at radius 2 is 1.08 bits per heavy atom. The summed E-state index contributed by atoms with van der Waals surface area (Å²) in [5.41, 5.74) is 6.04. The lowest BCUT2D eigenvalue weighted by atomic mass is 10.1. The number of hydrogen-bond acceptors (Lipinski definition) is 13. The number of nitrogens with zero attached hydrogens (tertiary/aromatic N) is 6. The summed E-state index contributed by atoms with van der Waals surface area (Å²) in [6.07, 6.45) is -0.370. The van der Waals surface area contributed by atoms with Crippen LogP contribution in [-0.4, -0.2) is 59.6 Å². The van der Waals surface area contributed by atoms with Crippen molar-refractivity contribution in [1.29, 1.82) is 0 Å². The lowest BCUT2D eigenvalue weighted by Gasteiger charge is -2.27. The fourth-order valence-electron chi connectivity index (χ4n) is 6.64. The van der Waals surface area contributed by atoms with Gasteiger partial charge in [-0.15, -0.1) is 0 Å². The zero-order chi connectivity index (χ0) is 41.5. The van der Waals surface area contributed by atoms with Crippen molar-refractivity contribution >= 4 is 18.3 Å². The van der Waals surface area contributed by atoms with E-state index in [1.165, 1.54) is 22.3 Å². The second kappa shape index (κ2) is 21.2. The number of nitrogens with one attached hydrogen (secondary N) is 1. The Hall–Kier alpha value is -6.18. The molecule has 0 radical (unpaired) electrons. The third-order valence-electron chi connectivity index (χ3n) is 9.00. The highest BCUT2D eigenvalue weighted by molar-refractivity contribution is 5.71. The van der Waals surface area contributed by atoms with E-state index >= 15 is 0 Å². The standard InChI is InChI=1S/C16H19N3O3.C14H19NO2.C11H11N3O.CO2.3CH4/c1-10-17-14(22-18-10)13-12-8-6-5-7-11(12)9-19(13)15(20)21-16(2,3)4;1-10-12-8-6-5-7-11(12)9-15(10)13(16)17-14(2,3)4;1-7-13-11(15-14-7)10-9-5-3-2-4-8(9)6-12-10;2-1-3;;;/h5-8,13H,9H2,1-4H3;5-8,10H,9H2,1-4H3;2-5,10,12H,6H2,1H3;;3*1H4. The van der Waals surface area contributed by atoms with E-state index in [0.29, 0.717) is 36.5 Å². The van der Waals surface area contributed by atoms with Crippen LogP contribution in [0, 0.1) is 13.8 Å². The van der Waals surface area contributed by atoms with Crippen LogP contribution in [0.1, 0.15) is 146 Å². The summed E-state index contributed by atoms with van der Waals surface area (Å²) in [6, 6.07) is 24.1. The molecular weight excluding hydrogens is 767 g/mol. The summed E-state index contributed by atoms with van der Waals surface area (Å²) in [5, 5.41) is 11.0. The van der Waals surface area contributed by atoms with Gasteiger partial charge in [0.1, 0.15) is 23.3 Å². The number of ether oxygens (including phenoxy) is 2. The molecule has 60 heavy (non-hydrogen) atoms. The molecule has 0 bridgehead atoms. The van der Waals surface area contributed by atoms with E-state index in [4.69, 9.17) is 28.1 Å². The molecule has 3 unspecified atom stereocenters. The van der Waals surface area contributed by atoms with Crippen molar-refractivity contribution in [3.05, 3.63) is 130 Å². The van der Waals surface area contributed by atoms with Gasteiger partial charge in [0.25, 0.3) is 5.89 Å². The fourth-order valence-corrected chi connectivity index (χ4v) is 6.64. The average molecular weight is 828 g/mol. The Bertz CT molecular complexity index is 2200. The van der Waals surface area contributed by atoms with Crippen LogP contribution in [0.5, 0.6) is 0 Å². The first-order valence-electron chi connectivity index (χ1n) is 18.5. The average Bonchev–Trinajstić information content (AvgIpc) is 3.98. The van der Waals surface area contributed by atoms with Crippen LogP contribution >= 0.6 is 0 Å². The number of aryl methyl sites for hydroxylation is 2. The minimum Gasteiger partial charge on any atom is -0.444 e. The van der Waals surface area contributed by atoms with Crippen molar-refractivity contribution < 1.29 is 37.7 Å². The van der Waals surface area contributed by atoms with Crippen LogP contribution in [-0.2, 0) is 38.7 Å². The first-order valence-corrected chi connectivity index (χ1v) is 18.5. The number of carbonyl (C=O) groups is 2. The van der Waals surface area contributed by atoms with Gasteiger partial charge < -0.3 is 18.5 Å². The topological polar surface area (TPSA) is 183 Å². The molecule has 15 heteroatoms. The third kappa shape index (κ3) is 12.4. The Labute approximate surface area is 353 Å². The van der Waals surface area contributed by atoms with Crippen molar-refractivity contribution in [2.75, 3.05) is 0 Å². The number of amides is 2. The molecule has 0 saturated carbocycles. The largest absolute Gasteiger partial charge is 0.444 e. The molecule has 3 atom stereocenters. The van der Waals surface area contributed by atoms with Crippen LogP contribution in [0.2, 0.25) is 0 Å². The lowest BCUT2D eigenvalue weighted by molar-refractivity contribution is -0.191. The molecule has 3 aliphatic rings. The van der Waals surface area contributed by atoms with Gasteiger partial charge in [0.2, 0.25) is 5.89 Å². The molecule has 8 rings (SSSR count). The smallest absolute Gasteiger partial charge is 0.411 e. The van der Waals surface area contributed by atoms with E-state index in [-0.39, 0.29) is 52.7 Å². The number of hydrogen-bond donors (Lipinski definition) is 1. The minimum absolute atomic E-state index is 0. The predicted molar refractivity (Wildman–Crippen MR) is 225 cm³/mol. The van der Waals surface area contributed by atoms with Crippen molar-refractivity contribution in [2.45, 2.75) is 134 Å². The monoisotopic (exact) mass is 827 g/mol. The van der Waals surface area contributed by atoms with Crippen LogP contribution in [0.25, 0.3) is 0 Å². The van der Waals surface area contributed by atoms with E-state index in [9.17, 15) is 9.59 Å². The normalized spacial score (nSPS) is 16.7. The van der Waals surface area contributed by atoms with Gasteiger partial charge >= 0.3 is 18.3 Å². The number of fused-ring (bicyclic) bond motifs is 3. The molecule has 0 spiro atoms. The number of carbonyl (C=O) groups excluding carboxylic acids is 4. The van der Waals surface area contributed by atoms with Crippen molar-refractivity contribution in [3.8, 4) is 0 Å². The summed E-state index contributed by atoms with van der Waals surface area (Å²) in [4.78, 5) is 52.8. The highest BCUT2D eigenvalue weighted by Gasteiger charge is 2.40. The van der Waals surface area contributed by atoms with Crippen LogP contribution in [0.3, 0.4) is 0 Å². The van der Waals surface area contributed by atoms with E-state index < -0.39 is 17.2 Å². The quantitative estimate of drug-likeness (QED) is 0.178. The molecule has 15 nitrogen and oxygen atoms in total. The highest BCUT2D eigenvalue weighted by atomic mass is 16.6. The maximum atomic E-state index is 12.5. The van der Waals surface area contributed by atoms with Crippen molar-refractivity contribution in [2.24, 2.45) is 0 Å². The van der Waals surface area contributed by atoms with Gasteiger partial charge in [0, 0.05) is 13.1 Å². The first-order chi connectivity index (χ1) is 27.0. The summed E-state index contributed by atoms with van der Waals surface area (Å²) in [6.45, 7) is 18.8. The zero-order valence-electron chi connectivity index (χ0n) is 33.7. The Morgan fingerprint density at radius 1 is 0.667 bits per heavy atom. The van der Waals surface area contributed by atoms with Crippen molar-refractivity contribution in [1.82, 2.24) is 35.4 Å². The minimum atomic E-state index is -0.554. The van der Waals surface area contributed by atoms with Gasteiger partial charge in [-0.25, -0.2) is 9.59 Å². The van der Waals surface area contributed by atoms with E-state index in [1.54, 1.807) is 16.7 Å². The first kappa shape index (κ1) is 50.0. The molecule has 0 fully saturated rings. The molecule has 3 aromatic carbocycles. The molecular formula is C45H61N7O8. The van der Waals surface area contributed by atoms with Gasteiger partial charge in [0.15, 0.2) is 11.6 Å². The third-order valence-corrected chi connectivity index (χ3v) is 9.00. The van der Waals surface area contributed by atoms with Gasteiger partial charge in [0.05, 0.1) is 12.6 Å². The second-order valence-corrected chi connectivity index (χ2v) is 15.6. The zero-order valence-corrected chi connectivity index (χ0v) is 33.7. The second-order valence-electron chi connectivity index (χ2n) is 15.6. The molecule has 0 aliphatic carbocycles. The Kier molecular flexibility index (Phi) is 17.6. The molecule has 3 aliphatic heterocycles. The number of rotatable bonds is 2. The summed E-state index contributed by atoms with van der Waals surface area (Å²) in [7, 11) is 0. The maximum Gasteiger partial charge on any atom is 0.411 e. The SMILES string of the molecule is C.C.C.CC1c2ccccc2CN1C(=O)OC(C)(C)C.Cc1noc(C2NCc3ccccc32)n1.Cc1noc(C2c3ccccc3CN2C(=O)OC(C)(C)C)n1.O=C=O. The molecule has 2 amide bonds. The maximum absolute atomic E-state index is 12.5. The lowest BCUT2D eigenvalue weighted by Crippen LogP contribution is -2.36. The summed E-state index contributed by atoms with van der Waals surface area (Å²) < 4.78 is 21.4. The molecule has 5 aromatic rings. The van der Waals surface area contributed by atoms with Gasteiger partial charge in [-0.2, -0.15) is 19.6 Å². The summed E-state index contributed by atoms with van der Waals surface area (Å²) in [5.74, 6) is 2.28. The van der Waals surface area contributed by atoms with Crippen molar-refractivity contribution in [3.63, 3.8) is 0 Å². The highest BCUT2D eigenvalue weighted by Crippen LogP contribution is 2.39. The molecule has 324 valence electrons. The Morgan fingerprint density at radius 3 is 1.57 bits per heavy atom. The van der Waals surface area contributed by atoms with E-state index in [2.05, 4.69) is 49.9 Å². The van der Waals surface area contributed by atoms with E-state index in [0.717, 1.165) is 17.7 Å². The predicted octanol–water partition coefficient (Wildman–Crippen LogP) is 9.61. The summed E-state index contributed by atoms with van der Waals surface area (Å²) >= 11 is 0. The van der Waals surface area contributed by atoms with Crippen LogP contribution < -0.4 is 5.32 Å². The molecule has 2 aromatic heterocycles. The number of benzene rings is 3. The van der Waals surface area contributed by atoms with Gasteiger partial charge in [-0.3, -0.25) is 15.1 Å².